The highest BCUT2D eigenvalue weighted by atomic mass is 15.0. The first-order valence-corrected chi connectivity index (χ1v) is 5.11. The Morgan fingerprint density at radius 2 is 2.19 bits per heavy atom. The van der Waals surface area contributed by atoms with Crippen LogP contribution in [0.15, 0.2) is 36.7 Å². The maximum atomic E-state index is 5.81. The Labute approximate surface area is 94.5 Å². The van der Waals surface area contributed by atoms with E-state index in [-0.39, 0.29) is 0 Å². The van der Waals surface area contributed by atoms with Crippen LogP contribution in [0.3, 0.4) is 0 Å². The largest absolute Gasteiger partial charge is 0.396 e. The van der Waals surface area contributed by atoms with Crippen LogP contribution in [0.1, 0.15) is 11.3 Å². The van der Waals surface area contributed by atoms with Crippen LogP contribution in [0.4, 0.5) is 11.5 Å². The van der Waals surface area contributed by atoms with Crippen LogP contribution in [-0.2, 0) is 6.54 Å². The van der Waals surface area contributed by atoms with E-state index in [1.807, 2.05) is 37.4 Å². The van der Waals surface area contributed by atoms with Gasteiger partial charge in [-0.15, -0.1) is 0 Å². The van der Waals surface area contributed by atoms with Crippen molar-refractivity contribution in [1.82, 2.24) is 9.97 Å². The van der Waals surface area contributed by atoms with E-state index < -0.39 is 0 Å². The molecule has 0 saturated carbocycles. The highest BCUT2D eigenvalue weighted by Crippen LogP contribution is 2.15. The van der Waals surface area contributed by atoms with E-state index in [2.05, 4.69) is 15.3 Å². The topological polar surface area (TPSA) is 63.8 Å². The molecule has 0 aromatic carbocycles. The van der Waals surface area contributed by atoms with Gasteiger partial charge in [-0.05, 0) is 30.7 Å². The molecule has 2 heterocycles. The molecule has 0 bridgehead atoms. The van der Waals surface area contributed by atoms with Crippen molar-refractivity contribution in [3.63, 3.8) is 0 Å². The molecule has 16 heavy (non-hydrogen) atoms. The molecule has 2 rings (SSSR count). The van der Waals surface area contributed by atoms with Crippen LogP contribution in [0.2, 0.25) is 0 Å². The van der Waals surface area contributed by atoms with Crippen LogP contribution in [0, 0.1) is 6.92 Å². The molecule has 3 N–H and O–H groups in total. The van der Waals surface area contributed by atoms with Crippen molar-refractivity contribution >= 4 is 11.5 Å². The van der Waals surface area contributed by atoms with Gasteiger partial charge in [0.15, 0.2) is 0 Å². The number of hydrogen-bond donors (Lipinski definition) is 2. The van der Waals surface area contributed by atoms with Crippen molar-refractivity contribution in [2.75, 3.05) is 11.1 Å². The number of nitrogens with zero attached hydrogens (tertiary/aromatic N) is 2. The predicted octanol–water partition coefficient (Wildman–Crippen LogP) is 1.98. The number of anilines is 2. The molecule has 0 radical (unpaired) electrons. The number of nitrogens with two attached hydrogens (primary N) is 1. The summed E-state index contributed by atoms with van der Waals surface area (Å²) in [6, 6.07) is 7.66. The van der Waals surface area contributed by atoms with Gasteiger partial charge in [0.25, 0.3) is 0 Å². The first kappa shape index (κ1) is 10.4. The van der Waals surface area contributed by atoms with Crippen LogP contribution in [-0.4, -0.2) is 9.97 Å². The third kappa shape index (κ3) is 2.48. The lowest BCUT2D eigenvalue weighted by atomic mass is 10.3. The van der Waals surface area contributed by atoms with Crippen LogP contribution < -0.4 is 11.1 Å². The Balaban J connectivity index is 2.08. The number of aromatic nitrogens is 2. The zero-order chi connectivity index (χ0) is 11.4. The summed E-state index contributed by atoms with van der Waals surface area (Å²) in [6.07, 6.45) is 3.57. The smallest absolute Gasteiger partial charge is 0.149 e. The standard InChI is InChI=1S/C12H14N4/c1-9-4-5-11(13)12(16-9)15-8-10-3-2-6-14-7-10/h2-7H,8,13H2,1H3,(H,15,16). The third-order valence-corrected chi connectivity index (χ3v) is 2.25. The molecule has 0 saturated heterocycles. The first-order valence-electron chi connectivity index (χ1n) is 5.11. The molecule has 0 aliphatic heterocycles. The number of pyridine rings is 2. The minimum Gasteiger partial charge on any atom is -0.396 e. The van der Waals surface area contributed by atoms with E-state index in [4.69, 9.17) is 5.73 Å². The fourth-order valence-corrected chi connectivity index (χ4v) is 1.40. The molecule has 0 spiro atoms. The first-order chi connectivity index (χ1) is 7.75. The minimum atomic E-state index is 0.662. The molecule has 2 aromatic heterocycles. The Morgan fingerprint density at radius 3 is 2.94 bits per heavy atom. The third-order valence-electron chi connectivity index (χ3n) is 2.25. The fourth-order valence-electron chi connectivity index (χ4n) is 1.40. The van der Waals surface area contributed by atoms with Gasteiger partial charge in [-0.3, -0.25) is 4.98 Å². The Kier molecular flexibility index (Phi) is 3.00. The van der Waals surface area contributed by atoms with Crippen molar-refractivity contribution in [3.8, 4) is 0 Å². The van der Waals surface area contributed by atoms with Crippen molar-refractivity contribution in [2.45, 2.75) is 13.5 Å². The van der Waals surface area contributed by atoms with Gasteiger partial charge in [0.2, 0.25) is 0 Å². The molecular formula is C12H14N4. The summed E-state index contributed by atoms with van der Waals surface area (Å²) in [5.74, 6) is 0.726. The molecule has 4 nitrogen and oxygen atoms in total. The Morgan fingerprint density at radius 1 is 1.31 bits per heavy atom. The molecule has 0 aliphatic rings. The van der Waals surface area contributed by atoms with Gasteiger partial charge in [0.1, 0.15) is 5.82 Å². The van der Waals surface area contributed by atoms with E-state index in [1.54, 1.807) is 6.20 Å². The van der Waals surface area contributed by atoms with Gasteiger partial charge in [-0.1, -0.05) is 6.07 Å². The van der Waals surface area contributed by atoms with E-state index >= 15 is 0 Å². The van der Waals surface area contributed by atoms with Crippen molar-refractivity contribution < 1.29 is 0 Å². The van der Waals surface area contributed by atoms with Crippen molar-refractivity contribution in [3.05, 3.63) is 47.9 Å². The normalized spacial score (nSPS) is 10.1. The summed E-state index contributed by atoms with van der Waals surface area (Å²) >= 11 is 0. The summed E-state index contributed by atoms with van der Waals surface area (Å²) in [4.78, 5) is 8.38. The van der Waals surface area contributed by atoms with Crippen LogP contribution in [0.5, 0.6) is 0 Å². The second-order valence-electron chi connectivity index (χ2n) is 3.61. The molecule has 2 aromatic rings. The van der Waals surface area contributed by atoms with Gasteiger partial charge in [0.05, 0.1) is 5.69 Å². The summed E-state index contributed by atoms with van der Waals surface area (Å²) in [7, 11) is 0. The molecule has 4 heteroatoms. The number of aryl methyl sites for hydroxylation is 1. The molecule has 0 amide bonds. The van der Waals surface area contributed by atoms with Crippen molar-refractivity contribution in [1.29, 1.82) is 0 Å². The van der Waals surface area contributed by atoms with Gasteiger partial charge in [-0.25, -0.2) is 4.98 Å². The molecule has 82 valence electrons. The van der Waals surface area contributed by atoms with E-state index in [0.717, 1.165) is 17.1 Å². The van der Waals surface area contributed by atoms with Gasteiger partial charge >= 0.3 is 0 Å². The summed E-state index contributed by atoms with van der Waals surface area (Å²) < 4.78 is 0. The number of nitrogen functional groups attached to an aromatic ring is 1. The Hall–Kier alpha value is -2.10. The number of nitrogens with one attached hydrogen (secondary N) is 1. The lowest BCUT2D eigenvalue weighted by molar-refractivity contribution is 1.07. The van der Waals surface area contributed by atoms with Gasteiger partial charge in [-0.2, -0.15) is 0 Å². The molecule has 0 aliphatic carbocycles. The maximum absolute atomic E-state index is 5.81. The highest BCUT2D eigenvalue weighted by Gasteiger charge is 2.00. The monoisotopic (exact) mass is 214 g/mol. The summed E-state index contributed by atoms with van der Waals surface area (Å²) in [5.41, 5.74) is 8.52. The lowest BCUT2D eigenvalue weighted by Crippen LogP contribution is -2.05. The second-order valence-corrected chi connectivity index (χ2v) is 3.61. The van der Waals surface area contributed by atoms with Gasteiger partial charge < -0.3 is 11.1 Å². The lowest BCUT2D eigenvalue weighted by Gasteiger charge is -2.08. The zero-order valence-electron chi connectivity index (χ0n) is 9.14. The fraction of sp³-hybridized carbons (Fsp3) is 0.167. The number of hydrogen-bond acceptors (Lipinski definition) is 4. The number of rotatable bonds is 3. The maximum Gasteiger partial charge on any atom is 0.149 e. The van der Waals surface area contributed by atoms with E-state index in [1.165, 1.54) is 0 Å². The zero-order valence-corrected chi connectivity index (χ0v) is 9.14. The van der Waals surface area contributed by atoms with Gasteiger partial charge in [0, 0.05) is 24.6 Å². The average molecular weight is 214 g/mol. The second kappa shape index (κ2) is 4.61. The van der Waals surface area contributed by atoms with Crippen LogP contribution in [0.25, 0.3) is 0 Å². The van der Waals surface area contributed by atoms with E-state index in [9.17, 15) is 0 Å². The van der Waals surface area contributed by atoms with Crippen molar-refractivity contribution in [2.24, 2.45) is 0 Å². The quantitative estimate of drug-likeness (QED) is 0.820. The van der Waals surface area contributed by atoms with Crippen LogP contribution >= 0.6 is 0 Å². The predicted molar refractivity (Wildman–Crippen MR) is 65.0 cm³/mol. The highest BCUT2D eigenvalue weighted by molar-refractivity contribution is 5.61. The minimum absolute atomic E-state index is 0.662. The Bertz CT molecular complexity index is 468. The SMILES string of the molecule is Cc1ccc(N)c(NCc2cccnc2)n1. The summed E-state index contributed by atoms with van der Waals surface area (Å²) in [5, 5.41) is 3.19. The summed E-state index contributed by atoms with van der Waals surface area (Å²) in [6.45, 7) is 2.61. The molecular weight excluding hydrogens is 200 g/mol. The molecule has 0 atom stereocenters. The average Bonchev–Trinajstić information content (AvgIpc) is 2.32. The van der Waals surface area contributed by atoms with E-state index in [0.29, 0.717) is 12.2 Å². The molecule has 0 unspecified atom stereocenters. The molecule has 0 fully saturated rings.